The van der Waals surface area contributed by atoms with E-state index in [2.05, 4.69) is 0 Å². The molecule has 0 N–H and O–H groups in total. The molecule has 36 heavy (non-hydrogen) atoms. The number of hydrogen-bond donors (Lipinski definition) is 0. The average molecular weight is 550 g/mol. The Labute approximate surface area is 223 Å². The summed E-state index contributed by atoms with van der Waals surface area (Å²) in [6.07, 6.45) is -3.93. The fourth-order valence-corrected chi connectivity index (χ4v) is 5.40. The normalized spacial score (nSPS) is 32.2. The predicted molar refractivity (Wildman–Crippen MR) is 134 cm³/mol. The number of hydrogen-bond acceptors (Lipinski definition) is 6. The number of benzene rings is 3. The van der Waals surface area contributed by atoms with Crippen LogP contribution in [0.1, 0.15) is 35.6 Å². The van der Waals surface area contributed by atoms with Gasteiger partial charge < -0.3 is 28.4 Å². The maximum Gasteiger partial charge on any atom is 0.186 e. The summed E-state index contributed by atoms with van der Waals surface area (Å²) in [4.78, 5) is 0. The maximum absolute atomic E-state index is 6.48. The van der Waals surface area contributed by atoms with Crippen LogP contribution in [0.15, 0.2) is 72.8 Å². The molecule has 6 nitrogen and oxygen atoms in total. The molecule has 188 valence electrons. The van der Waals surface area contributed by atoms with Crippen molar-refractivity contribution in [2.75, 3.05) is 13.2 Å². The highest BCUT2D eigenvalue weighted by Crippen LogP contribution is 2.44. The molecule has 0 bridgehead atoms. The summed E-state index contributed by atoms with van der Waals surface area (Å²) in [5.41, 5.74) is 2.22. The minimum absolute atomic E-state index is 0.281. The lowest BCUT2D eigenvalue weighted by Gasteiger charge is -2.47. The van der Waals surface area contributed by atoms with Gasteiger partial charge in [-0.3, -0.25) is 0 Å². The van der Waals surface area contributed by atoms with Crippen molar-refractivity contribution >= 4 is 34.8 Å². The second-order valence-corrected chi connectivity index (χ2v) is 10.00. The minimum Gasteiger partial charge on any atom is -0.346 e. The smallest absolute Gasteiger partial charge is 0.186 e. The van der Waals surface area contributed by atoms with Gasteiger partial charge >= 0.3 is 0 Å². The van der Waals surface area contributed by atoms with Gasteiger partial charge in [-0.05, 0) is 18.2 Å². The molecule has 3 aliphatic heterocycles. The van der Waals surface area contributed by atoms with E-state index in [1.165, 1.54) is 0 Å². The Balaban J connectivity index is 1.29. The van der Waals surface area contributed by atoms with Crippen molar-refractivity contribution in [1.29, 1.82) is 0 Å². The van der Waals surface area contributed by atoms with Gasteiger partial charge in [-0.25, -0.2) is 0 Å². The van der Waals surface area contributed by atoms with E-state index in [0.29, 0.717) is 21.7 Å². The number of fused-ring (bicyclic) bond motifs is 1. The van der Waals surface area contributed by atoms with Crippen molar-refractivity contribution < 1.29 is 28.4 Å². The summed E-state index contributed by atoms with van der Waals surface area (Å²) in [7, 11) is 0. The largest absolute Gasteiger partial charge is 0.346 e. The predicted octanol–water partition coefficient (Wildman–Crippen LogP) is 6.66. The lowest BCUT2D eigenvalue weighted by molar-refractivity contribution is -0.373. The van der Waals surface area contributed by atoms with E-state index in [1.807, 2.05) is 54.6 Å². The Morgan fingerprint density at radius 2 is 0.833 bits per heavy atom. The van der Waals surface area contributed by atoms with Crippen LogP contribution in [-0.2, 0) is 28.4 Å². The van der Waals surface area contributed by atoms with Gasteiger partial charge in [-0.2, -0.15) is 0 Å². The van der Waals surface area contributed by atoms with Crippen LogP contribution < -0.4 is 0 Å². The third-order valence-corrected chi connectivity index (χ3v) is 7.55. The zero-order valence-corrected chi connectivity index (χ0v) is 21.2. The molecule has 0 amide bonds. The van der Waals surface area contributed by atoms with E-state index in [1.54, 1.807) is 18.2 Å². The Bertz CT molecular complexity index is 1230. The fraction of sp³-hybridized carbons (Fsp3) is 0.333. The highest BCUT2D eigenvalue weighted by molar-refractivity contribution is 6.32. The van der Waals surface area contributed by atoms with E-state index in [0.717, 1.165) is 16.7 Å². The van der Waals surface area contributed by atoms with Gasteiger partial charge in [-0.15, -0.1) is 0 Å². The van der Waals surface area contributed by atoms with Crippen molar-refractivity contribution in [2.45, 2.75) is 43.3 Å². The van der Waals surface area contributed by atoms with Crippen LogP contribution in [0.5, 0.6) is 0 Å². The highest BCUT2D eigenvalue weighted by Gasteiger charge is 2.51. The van der Waals surface area contributed by atoms with Gasteiger partial charge in [-0.1, -0.05) is 89.4 Å². The third kappa shape index (κ3) is 4.78. The monoisotopic (exact) mass is 548 g/mol. The lowest BCUT2D eigenvalue weighted by Crippen LogP contribution is -2.58. The highest BCUT2D eigenvalue weighted by atomic mass is 35.5. The molecule has 6 rings (SSSR count). The topological polar surface area (TPSA) is 55.4 Å². The molecule has 3 saturated heterocycles. The molecule has 0 spiro atoms. The molecule has 3 aromatic carbocycles. The molecule has 3 aliphatic rings. The first-order valence-corrected chi connectivity index (χ1v) is 12.8. The van der Waals surface area contributed by atoms with Gasteiger partial charge in [0.15, 0.2) is 18.9 Å². The first-order chi connectivity index (χ1) is 17.6. The zero-order valence-electron chi connectivity index (χ0n) is 19.0. The second kappa shape index (κ2) is 10.6. The SMILES string of the molecule is Clc1ccccc1C1OC[C@@H]2OC(c3ccccc3Cl)O[C@@H]([C@H]3COC(c4ccccc4Cl)O3)[C@H]2O1. The van der Waals surface area contributed by atoms with E-state index < -0.39 is 43.3 Å². The summed E-state index contributed by atoms with van der Waals surface area (Å²) in [6.45, 7) is 0.572. The molecule has 0 radical (unpaired) electrons. The van der Waals surface area contributed by atoms with E-state index >= 15 is 0 Å². The second-order valence-electron chi connectivity index (χ2n) is 8.78. The minimum atomic E-state index is -0.725. The summed E-state index contributed by atoms with van der Waals surface area (Å²) in [5, 5.41) is 1.68. The standard InChI is InChI=1S/C27H23Cl3O6/c28-18-10-4-1-7-15(18)25-31-13-21(33-25)24-23-22(34-27(36-24)17-9-3-6-12-20(17)30)14-32-26(35-23)16-8-2-5-11-19(16)29/h1-12,21-27H,13-14H2/t21-,22+,23+,24+,25?,26?,27?/m1/s1. The molecular formula is C27H23Cl3O6. The molecule has 3 fully saturated rings. The van der Waals surface area contributed by atoms with Crippen LogP contribution >= 0.6 is 34.8 Å². The van der Waals surface area contributed by atoms with E-state index in [9.17, 15) is 0 Å². The van der Waals surface area contributed by atoms with Gasteiger partial charge in [0, 0.05) is 31.8 Å². The molecule has 0 aliphatic carbocycles. The molecule has 3 heterocycles. The number of rotatable bonds is 4. The summed E-state index contributed by atoms with van der Waals surface area (Å²) < 4.78 is 37.5. The van der Waals surface area contributed by atoms with Crippen LogP contribution in [0, 0.1) is 0 Å². The lowest BCUT2D eigenvalue weighted by atomic mass is 9.99. The van der Waals surface area contributed by atoms with Crippen molar-refractivity contribution in [3.63, 3.8) is 0 Å². The Morgan fingerprint density at radius 3 is 1.31 bits per heavy atom. The Hall–Kier alpha value is -1.71. The van der Waals surface area contributed by atoms with Gasteiger partial charge in [0.05, 0.1) is 13.2 Å². The van der Waals surface area contributed by atoms with Crippen molar-refractivity contribution in [1.82, 2.24) is 0 Å². The molecule has 0 saturated carbocycles. The summed E-state index contributed by atoms with van der Waals surface area (Å²) in [5.74, 6) is 0. The quantitative estimate of drug-likeness (QED) is 0.363. The van der Waals surface area contributed by atoms with Gasteiger partial charge in [0.1, 0.15) is 24.4 Å². The molecule has 9 heteroatoms. The number of ether oxygens (including phenoxy) is 6. The van der Waals surface area contributed by atoms with Crippen molar-refractivity contribution in [3.05, 3.63) is 105 Å². The van der Waals surface area contributed by atoms with E-state index in [4.69, 9.17) is 63.2 Å². The molecule has 3 unspecified atom stereocenters. The molecular weight excluding hydrogens is 527 g/mol. The van der Waals surface area contributed by atoms with Crippen LogP contribution in [0.4, 0.5) is 0 Å². The van der Waals surface area contributed by atoms with E-state index in [-0.39, 0.29) is 6.61 Å². The average Bonchev–Trinajstić information content (AvgIpc) is 3.38. The van der Waals surface area contributed by atoms with Crippen LogP contribution in [0.25, 0.3) is 0 Å². The first kappa shape index (κ1) is 24.6. The van der Waals surface area contributed by atoms with Gasteiger partial charge in [0.25, 0.3) is 0 Å². The van der Waals surface area contributed by atoms with Crippen LogP contribution in [0.3, 0.4) is 0 Å². The van der Waals surface area contributed by atoms with Crippen molar-refractivity contribution in [3.8, 4) is 0 Å². The zero-order chi connectivity index (χ0) is 24.6. The fourth-order valence-electron chi connectivity index (χ4n) is 4.73. The number of halogens is 3. The first-order valence-electron chi connectivity index (χ1n) is 11.7. The van der Waals surface area contributed by atoms with Crippen LogP contribution in [-0.4, -0.2) is 37.6 Å². The maximum atomic E-state index is 6.48. The summed E-state index contributed by atoms with van der Waals surface area (Å²) >= 11 is 19.3. The molecule has 0 aromatic heterocycles. The van der Waals surface area contributed by atoms with Crippen LogP contribution in [0.2, 0.25) is 15.1 Å². The molecule has 3 aromatic rings. The third-order valence-electron chi connectivity index (χ3n) is 6.52. The molecule has 7 atom stereocenters. The van der Waals surface area contributed by atoms with Gasteiger partial charge in [0.2, 0.25) is 0 Å². The Kier molecular flexibility index (Phi) is 7.23. The summed E-state index contributed by atoms with van der Waals surface area (Å²) in [6, 6.07) is 22.3. The van der Waals surface area contributed by atoms with Crippen molar-refractivity contribution in [2.24, 2.45) is 0 Å². The Morgan fingerprint density at radius 1 is 0.472 bits per heavy atom.